The van der Waals surface area contributed by atoms with E-state index in [2.05, 4.69) is 30.7 Å². The molecule has 0 saturated carbocycles. The van der Waals surface area contributed by atoms with E-state index in [0.717, 1.165) is 19.6 Å². The molecule has 0 unspecified atom stereocenters. The van der Waals surface area contributed by atoms with Gasteiger partial charge in [-0.1, -0.05) is 0 Å². The molecule has 2 N–H and O–H groups in total. The lowest BCUT2D eigenvalue weighted by atomic mass is 10.0. The van der Waals surface area contributed by atoms with E-state index in [4.69, 9.17) is 18.0 Å². The highest BCUT2D eigenvalue weighted by molar-refractivity contribution is 7.80. The number of hydrogen-bond acceptors (Lipinski definition) is 2. The highest BCUT2D eigenvalue weighted by Crippen LogP contribution is 2.18. The molecule has 0 atom stereocenters. The lowest BCUT2D eigenvalue weighted by molar-refractivity contribution is 0.0751. The third-order valence-corrected chi connectivity index (χ3v) is 2.89. The van der Waals surface area contributed by atoms with Gasteiger partial charge < -0.3 is 10.6 Å². The highest BCUT2D eigenvalue weighted by Gasteiger charge is 2.31. The molecule has 1 saturated heterocycles. The van der Waals surface area contributed by atoms with Gasteiger partial charge in [-0.05, 0) is 33.1 Å². The number of rotatable bonds is 0. The SMILES string of the molecule is CN1CCN(C(N)=S)CC1(C)C. The second-order valence-corrected chi connectivity index (χ2v) is 4.41. The Kier molecular flexibility index (Phi) is 2.58. The number of thiocarbonyl (C=S) groups is 1. The summed E-state index contributed by atoms with van der Waals surface area (Å²) >= 11 is 4.94. The summed E-state index contributed by atoms with van der Waals surface area (Å²) in [6.45, 7) is 7.33. The zero-order valence-electron chi connectivity index (χ0n) is 8.00. The average molecular weight is 187 g/mol. The Morgan fingerprint density at radius 2 is 2.00 bits per heavy atom. The molecule has 1 rings (SSSR count). The van der Waals surface area contributed by atoms with Crippen LogP contribution in [-0.4, -0.2) is 47.1 Å². The van der Waals surface area contributed by atoms with E-state index in [1.54, 1.807) is 0 Å². The van der Waals surface area contributed by atoms with Crippen LogP contribution in [0.2, 0.25) is 0 Å². The van der Waals surface area contributed by atoms with Crippen molar-refractivity contribution in [1.29, 1.82) is 0 Å². The van der Waals surface area contributed by atoms with Crippen LogP contribution in [0.1, 0.15) is 13.8 Å². The number of nitrogens with zero attached hydrogens (tertiary/aromatic N) is 2. The van der Waals surface area contributed by atoms with E-state index >= 15 is 0 Å². The molecule has 3 nitrogen and oxygen atoms in total. The Morgan fingerprint density at radius 1 is 1.42 bits per heavy atom. The monoisotopic (exact) mass is 187 g/mol. The zero-order valence-corrected chi connectivity index (χ0v) is 8.82. The third kappa shape index (κ3) is 1.87. The van der Waals surface area contributed by atoms with Crippen LogP contribution >= 0.6 is 12.2 Å². The highest BCUT2D eigenvalue weighted by atomic mass is 32.1. The molecule has 0 bridgehead atoms. The minimum Gasteiger partial charge on any atom is -0.376 e. The van der Waals surface area contributed by atoms with Crippen molar-refractivity contribution in [2.24, 2.45) is 5.73 Å². The molecule has 1 heterocycles. The third-order valence-electron chi connectivity index (χ3n) is 2.63. The van der Waals surface area contributed by atoms with E-state index in [-0.39, 0.29) is 5.54 Å². The van der Waals surface area contributed by atoms with Gasteiger partial charge >= 0.3 is 0 Å². The summed E-state index contributed by atoms with van der Waals surface area (Å²) in [7, 11) is 2.14. The van der Waals surface area contributed by atoms with Gasteiger partial charge in [0.1, 0.15) is 0 Å². The second kappa shape index (κ2) is 3.18. The molecule has 12 heavy (non-hydrogen) atoms. The van der Waals surface area contributed by atoms with E-state index in [0.29, 0.717) is 5.11 Å². The van der Waals surface area contributed by atoms with Crippen molar-refractivity contribution >= 4 is 17.3 Å². The first-order chi connectivity index (χ1) is 5.43. The molecule has 0 amide bonds. The molecule has 0 aromatic rings. The molecule has 0 aliphatic carbocycles. The van der Waals surface area contributed by atoms with Crippen molar-refractivity contribution in [3.8, 4) is 0 Å². The van der Waals surface area contributed by atoms with Gasteiger partial charge in [-0.2, -0.15) is 0 Å². The fraction of sp³-hybridized carbons (Fsp3) is 0.875. The Balaban J connectivity index is 2.63. The van der Waals surface area contributed by atoms with Crippen LogP contribution in [0.3, 0.4) is 0 Å². The van der Waals surface area contributed by atoms with Gasteiger partial charge in [0, 0.05) is 25.2 Å². The molecule has 70 valence electrons. The Bertz CT molecular complexity index is 191. The fourth-order valence-corrected chi connectivity index (χ4v) is 1.58. The maximum absolute atomic E-state index is 5.57. The summed E-state index contributed by atoms with van der Waals surface area (Å²) in [5.74, 6) is 0. The molecular formula is C8H17N3S. The first-order valence-electron chi connectivity index (χ1n) is 4.19. The first kappa shape index (κ1) is 9.74. The maximum atomic E-state index is 5.57. The minimum absolute atomic E-state index is 0.182. The topological polar surface area (TPSA) is 32.5 Å². The van der Waals surface area contributed by atoms with Gasteiger partial charge in [0.2, 0.25) is 0 Å². The number of nitrogens with two attached hydrogens (primary N) is 1. The molecule has 0 radical (unpaired) electrons. The summed E-state index contributed by atoms with van der Waals surface area (Å²) in [4.78, 5) is 4.40. The predicted molar refractivity (Wildman–Crippen MR) is 55.1 cm³/mol. The lowest BCUT2D eigenvalue weighted by Gasteiger charge is -2.45. The Hall–Kier alpha value is -0.350. The van der Waals surface area contributed by atoms with Crippen molar-refractivity contribution in [1.82, 2.24) is 9.80 Å². The van der Waals surface area contributed by atoms with Gasteiger partial charge in [0.15, 0.2) is 5.11 Å². The molecule has 0 aromatic heterocycles. The van der Waals surface area contributed by atoms with E-state index in [1.807, 2.05) is 0 Å². The second-order valence-electron chi connectivity index (χ2n) is 3.99. The Labute approximate surface area is 79.5 Å². The summed E-state index contributed by atoms with van der Waals surface area (Å²) < 4.78 is 0. The smallest absolute Gasteiger partial charge is 0.166 e. The number of hydrogen-bond donors (Lipinski definition) is 1. The van der Waals surface area contributed by atoms with Crippen LogP contribution in [0.15, 0.2) is 0 Å². The predicted octanol–water partition coefficient (Wildman–Crippen LogP) is 0.256. The van der Waals surface area contributed by atoms with E-state index in [1.165, 1.54) is 0 Å². The van der Waals surface area contributed by atoms with Crippen molar-refractivity contribution in [2.45, 2.75) is 19.4 Å². The van der Waals surface area contributed by atoms with Crippen LogP contribution in [0, 0.1) is 0 Å². The molecule has 0 aromatic carbocycles. The maximum Gasteiger partial charge on any atom is 0.166 e. The summed E-state index contributed by atoms with van der Waals surface area (Å²) in [6.07, 6.45) is 0. The summed E-state index contributed by atoms with van der Waals surface area (Å²) in [6, 6.07) is 0. The van der Waals surface area contributed by atoms with Crippen molar-refractivity contribution < 1.29 is 0 Å². The standard InChI is InChI=1S/C8H17N3S/c1-8(2)6-11(7(9)12)5-4-10(8)3/h4-6H2,1-3H3,(H2,9,12). The average Bonchev–Trinajstić information content (AvgIpc) is 1.94. The van der Waals surface area contributed by atoms with Crippen LogP contribution in [0.25, 0.3) is 0 Å². The quantitative estimate of drug-likeness (QED) is 0.551. The summed E-state index contributed by atoms with van der Waals surface area (Å²) in [5, 5.41) is 0.524. The normalized spacial score (nSPS) is 24.1. The first-order valence-corrected chi connectivity index (χ1v) is 4.60. The molecule has 0 spiro atoms. The Morgan fingerprint density at radius 3 is 2.42 bits per heavy atom. The minimum atomic E-state index is 0.182. The summed E-state index contributed by atoms with van der Waals surface area (Å²) in [5.41, 5.74) is 5.75. The van der Waals surface area contributed by atoms with Gasteiger partial charge in [-0.15, -0.1) is 0 Å². The molecule has 1 aliphatic rings. The lowest BCUT2D eigenvalue weighted by Crippen LogP contribution is -2.59. The van der Waals surface area contributed by atoms with Gasteiger partial charge in [-0.3, -0.25) is 4.90 Å². The molecule has 1 aliphatic heterocycles. The zero-order chi connectivity index (χ0) is 9.35. The largest absolute Gasteiger partial charge is 0.376 e. The molecule has 1 fully saturated rings. The number of piperazine rings is 1. The van der Waals surface area contributed by atoms with Gasteiger partial charge in [0.05, 0.1) is 0 Å². The fourth-order valence-electron chi connectivity index (χ4n) is 1.43. The van der Waals surface area contributed by atoms with Crippen molar-refractivity contribution in [3.05, 3.63) is 0 Å². The number of likely N-dealkylation sites (N-methyl/N-ethyl adjacent to an activating group) is 1. The van der Waals surface area contributed by atoms with Crippen LogP contribution < -0.4 is 5.73 Å². The van der Waals surface area contributed by atoms with Gasteiger partial charge in [0.25, 0.3) is 0 Å². The van der Waals surface area contributed by atoms with Gasteiger partial charge in [-0.25, -0.2) is 0 Å². The van der Waals surface area contributed by atoms with Crippen LogP contribution in [0.5, 0.6) is 0 Å². The van der Waals surface area contributed by atoms with Crippen molar-refractivity contribution in [2.75, 3.05) is 26.7 Å². The van der Waals surface area contributed by atoms with Crippen LogP contribution in [-0.2, 0) is 0 Å². The van der Waals surface area contributed by atoms with Crippen LogP contribution in [0.4, 0.5) is 0 Å². The molecule has 4 heteroatoms. The van der Waals surface area contributed by atoms with Crippen molar-refractivity contribution in [3.63, 3.8) is 0 Å². The van der Waals surface area contributed by atoms with E-state index < -0.39 is 0 Å². The molecular weight excluding hydrogens is 170 g/mol. The van der Waals surface area contributed by atoms with E-state index in [9.17, 15) is 0 Å².